The van der Waals surface area contributed by atoms with Crippen molar-refractivity contribution in [1.29, 1.82) is 0 Å². The van der Waals surface area contributed by atoms with Crippen molar-refractivity contribution in [3.63, 3.8) is 0 Å². The Bertz CT molecular complexity index is 1110. The van der Waals surface area contributed by atoms with Gasteiger partial charge in [0.1, 0.15) is 0 Å². The van der Waals surface area contributed by atoms with E-state index in [1.54, 1.807) is 12.1 Å². The highest BCUT2D eigenvalue weighted by Gasteiger charge is 2.20. The fourth-order valence-electron chi connectivity index (χ4n) is 3.02. The lowest BCUT2D eigenvalue weighted by Crippen LogP contribution is -2.28. The van der Waals surface area contributed by atoms with Gasteiger partial charge in [-0.3, -0.25) is 9.59 Å². The number of thioether (sulfide) groups is 1. The fraction of sp³-hybridized carbons (Fsp3) is 0.217. The number of carbonyl (C=O) groups excluding carboxylic acids is 2. The maximum absolute atomic E-state index is 12.6. The number of nitrogens with one attached hydrogen (secondary N) is 2. The number of benzene rings is 2. The van der Waals surface area contributed by atoms with Crippen LogP contribution in [0, 0.1) is 10.5 Å². The molecule has 2 amide bonds. The summed E-state index contributed by atoms with van der Waals surface area (Å²) >= 11 is 3.50. The fourth-order valence-corrected chi connectivity index (χ4v) is 4.13. The lowest BCUT2D eigenvalue weighted by Gasteiger charge is -2.15. The topological polar surface area (TPSA) is 88.9 Å². The summed E-state index contributed by atoms with van der Waals surface area (Å²) in [7, 11) is 0. The number of anilines is 1. The predicted octanol–water partition coefficient (Wildman–Crippen LogP) is 4.60. The van der Waals surface area contributed by atoms with Crippen molar-refractivity contribution in [2.45, 2.75) is 31.6 Å². The number of aryl methyl sites for hydroxylation is 1. The number of hydrogen-bond acceptors (Lipinski definition) is 5. The smallest absolute Gasteiger partial charge is 0.251 e. The van der Waals surface area contributed by atoms with E-state index in [-0.39, 0.29) is 23.6 Å². The van der Waals surface area contributed by atoms with Gasteiger partial charge in [-0.2, -0.15) is 0 Å². The van der Waals surface area contributed by atoms with Crippen LogP contribution in [0.15, 0.2) is 66.3 Å². The second kappa shape index (κ2) is 11.3. The molecule has 0 unspecified atom stereocenters. The molecule has 7 nitrogen and oxygen atoms in total. The SMILES string of the molecule is C=CCn1c(SCC(=O)Nc2ccc(I)cc2)nnc1[C@@H](C)NC(=O)c1cccc(C)c1. The average molecular weight is 561 g/mol. The van der Waals surface area contributed by atoms with Crippen molar-refractivity contribution in [1.82, 2.24) is 20.1 Å². The van der Waals surface area contributed by atoms with Gasteiger partial charge in [-0.15, -0.1) is 16.8 Å². The molecule has 1 aromatic heterocycles. The standard InChI is InChI=1S/C23H24IN5O2S/c1-4-12-29-21(16(3)25-22(31)17-7-5-6-15(2)13-17)27-28-23(29)32-14-20(30)26-19-10-8-18(24)9-11-19/h4-11,13,16H,1,12,14H2,2-3H3,(H,25,31)(H,26,30)/t16-/m1/s1. The van der Waals surface area contributed by atoms with Crippen molar-refractivity contribution >= 4 is 51.9 Å². The van der Waals surface area contributed by atoms with Crippen LogP contribution in [0.2, 0.25) is 0 Å². The molecule has 0 spiro atoms. The second-order valence-electron chi connectivity index (χ2n) is 7.15. The Morgan fingerprint density at radius 2 is 1.97 bits per heavy atom. The minimum Gasteiger partial charge on any atom is -0.342 e. The van der Waals surface area contributed by atoms with Crippen LogP contribution in [0.25, 0.3) is 0 Å². The highest BCUT2D eigenvalue weighted by molar-refractivity contribution is 14.1. The van der Waals surface area contributed by atoms with Crippen molar-refractivity contribution < 1.29 is 9.59 Å². The van der Waals surface area contributed by atoms with Gasteiger partial charge in [0, 0.05) is 21.4 Å². The number of rotatable bonds is 9. The summed E-state index contributed by atoms with van der Waals surface area (Å²) in [5, 5.41) is 14.9. The monoisotopic (exact) mass is 561 g/mol. The summed E-state index contributed by atoms with van der Waals surface area (Å²) in [6.45, 7) is 8.07. The summed E-state index contributed by atoms with van der Waals surface area (Å²) in [5.74, 6) is 0.476. The molecule has 3 aromatic rings. The molecule has 0 radical (unpaired) electrons. The predicted molar refractivity (Wildman–Crippen MR) is 136 cm³/mol. The Morgan fingerprint density at radius 3 is 2.66 bits per heavy atom. The van der Waals surface area contributed by atoms with E-state index in [1.165, 1.54) is 11.8 Å². The molecule has 2 N–H and O–H groups in total. The lowest BCUT2D eigenvalue weighted by molar-refractivity contribution is -0.113. The van der Waals surface area contributed by atoms with Crippen LogP contribution in [-0.4, -0.2) is 32.3 Å². The highest BCUT2D eigenvalue weighted by Crippen LogP contribution is 2.22. The molecule has 0 aliphatic rings. The van der Waals surface area contributed by atoms with Crippen LogP contribution < -0.4 is 10.6 Å². The van der Waals surface area contributed by atoms with Gasteiger partial charge >= 0.3 is 0 Å². The molecular weight excluding hydrogens is 537 g/mol. The van der Waals surface area contributed by atoms with Gasteiger partial charge in [0.15, 0.2) is 11.0 Å². The third-order valence-electron chi connectivity index (χ3n) is 4.53. The van der Waals surface area contributed by atoms with Gasteiger partial charge in [0.25, 0.3) is 5.91 Å². The molecule has 0 aliphatic carbocycles. The zero-order valence-corrected chi connectivity index (χ0v) is 20.8. The first-order valence-corrected chi connectivity index (χ1v) is 12.0. The lowest BCUT2D eigenvalue weighted by atomic mass is 10.1. The number of nitrogens with zero attached hydrogens (tertiary/aromatic N) is 3. The number of halogens is 1. The third-order valence-corrected chi connectivity index (χ3v) is 6.22. The van der Waals surface area contributed by atoms with Crippen LogP contribution in [0.4, 0.5) is 5.69 Å². The molecule has 32 heavy (non-hydrogen) atoms. The molecule has 0 bridgehead atoms. The van der Waals surface area contributed by atoms with Crippen molar-refractivity contribution in [3.8, 4) is 0 Å². The first-order valence-electron chi connectivity index (χ1n) is 9.97. The average Bonchev–Trinajstić information content (AvgIpc) is 3.17. The molecule has 0 saturated heterocycles. The number of amides is 2. The van der Waals surface area contributed by atoms with E-state index in [2.05, 4.69) is 50.0 Å². The van der Waals surface area contributed by atoms with E-state index in [9.17, 15) is 9.59 Å². The minimum absolute atomic E-state index is 0.133. The maximum atomic E-state index is 12.6. The highest BCUT2D eigenvalue weighted by atomic mass is 127. The van der Waals surface area contributed by atoms with Crippen LogP contribution in [0.3, 0.4) is 0 Å². The normalized spacial score (nSPS) is 11.6. The molecule has 9 heteroatoms. The maximum Gasteiger partial charge on any atom is 0.251 e. The van der Waals surface area contributed by atoms with Gasteiger partial charge < -0.3 is 15.2 Å². The molecule has 0 aliphatic heterocycles. The van der Waals surface area contributed by atoms with Gasteiger partial charge in [0.05, 0.1) is 11.8 Å². The quantitative estimate of drug-likeness (QED) is 0.227. The number of aromatic nitrogens is 3. The van der Waals surface area contributed by atoms with E-state index < -0.39 is 0 Å². The van der Waals surface area contributed by atoms with Crippen molar-refractivity contribution in [2.75, 3.05) is 11.1 Å². The molecule has 1 heterocycles. The van der Waals surface area contributed by atoms with Gasteiger partial charge in [-0.05, 0) is 72.8 Å². The Kier molecular flexibility index (Phi) is 8.46. The molecule has 166 valence electrons. The first-order chi connectivity index (χ1) is 15.4. The minimum atomic E-state index is -0.370. The van der Waals surface area contributed by atoms with Crippen molar-refractivity contribution in [2.24, 2.45) is 0 Å². The van der Waals surface area contributed by atoms with E-state index in [0.717, 1.165) is 14.8 Å². The van der Waals surface area contributed by atoms with Gasteiger partial charge in [0.2, 0.25) is 5.91 Å². The van der Waals surface area contributed by atoms with Crippen LogP contribution in [0.1, 0.15) is 34.7 Å². The van der Waals surface area contributed by atoms with E-state index in [0.29, 0.717) is 23.1 Å². The summed E-state index contributed by atoms with van der Waals surface area (Å²) in [4.78, 5) is 25.0. The first kappa shape index (κ1) is 24.0. The molecule has 1 atom stereocenters. The molecule has 2 aromatic carbocycles. The number of hydrogen-bond donors (Lipinski definition) is 2. The van der Waals surface area contributed by atoms with Gasteiger partial charge in [-0.25, -0.2) is 0 Å². The van der Waals surface area contributed by atoms with Crippen LogP contribution in [-0.2, 0) is 11.3 Å². The Balaban J connectivity index is 1.66. The summed E-state index contributed by atoms with van der Waals surface area (Å²) in [5.41, 5.74) is 2.35. The summed E-state index contributed by atoms with van der Waals surface area (Å²) in [6.07, 6.45) is 1.73. The molecule has 0 saturated carbocycles. The second-order valence-corrected chi connectivity index (χ2v) is 9.34. The zero-order valence-electron chi connectivity index (χ0n) is 17.8. The van der Waals surface area contributed by atoms with E-state index in [4.69, 9.17) is 0 Å². The number of carbonyl (C=O) groups is 2. The van der Waals surface area contributed by atoms with Crippen LogP contribution in [0.5, 0.6) is 0 Å². The summed E-state index contributed by atoms with van der Waals surface area (Å²) < 4.78 is 2.96. The Hall–Kier alpha value is -2.66. The third kappa shape index (κ3) is 6.42. The van der Waals surface area contributed by atoms with E-state index in [1.807, 2.05) is 60.9 Å². The number of allylic oxidation sites excluding steroid dienone is 1. The Labute approximate surface area is 205 Å². The largest absolute Gasteiger partial charge is 0.342 e. The molecular formula is C23H24IN5O2S. The zero-order chi connectivity index (χ0) is 23.1. The van der Waals surface area contributed by atoms with E-state index >= 15 is 0 Å². The Morgan fingerprint density at radius 1 is 1.22 bits per heavy atom. The summed E-state index contributed by atoms with van der Waals surface area (Å²) in [6, 6.07) is 14.6. The van der Waals surface area contributed by atoms with Crippen molar-refractivity contribution in [3.05, 3.63) is 81.7 Å². The van der Waals surface area contributed by atoms with Crippen LogP contribution >= 0.6 is 34.4 Å². The molecule has 3 rings (SSSR count). The van der Waals surface area contributed by atoms with Gasteiger partial charge in [-0.1, -0.05) is 35.5 Å². The molecule has 0 fully saturated rings.